The van der Waals surface area contributed by atoms with E-state index in [2.05, 4.69) is 20.9 Å². The van der Waals surface area contributed by atoms with Crippen LogP contribution in [0.2, 0.25) is 0 Å². The Bertz CT molecular complexity index is 534. The summed E-state index contributed by atoms with van der Waals surface area (Å²) in [5.41, 5.74) is 3.09. The van der Waals surface area contributed by atoms with Gasteiger partial charge in [-0.25, -0.2) is 4.98 Å². The summed E-state index contributed by atoms with van der Waals surface area (Å²) in [5, 5.41) is 11.9. The largest absolute Gasteiger partial charge is 0.330 e. The average molecular weight is 240 g/mol. The van der Waals surface area contributed by atoms with Gasteiger partial charge >= 0.3 is 0 Å². The van der Waals surface area contributed by atoms with Crippen LogP contribution < -0.4 is 5.32 Å². The van der Waals surface area contributed by atoms with E-state index in [1.807, 2.05) is 43.8 Å². The van der Waals surface area contributed by atoms with E-state index in [-0.39, 0.29) is 0 Å². The molecule has 4 heteroatoms. The van der Waals surface area contributed by atoms with Crippen molar-refractivity contribution in [2.75, 3.05) is 13.6 Å². The second-order valence-electron chi connectivity index (χ2n) is 4.18. The van der Waals surface area contributed by atoms with Gasteiger partial charge in [-0.15, -0.1) is 0 Å². The van der Waals surface area contributed by atoms with Crippen LogP contribution in [0, 0.1) is 11.3 Å². The van der Waals surface area contributed by atoms with Crippen molar-refractivity contribution >= 4 is 0 Å². The fraction of sp³-hybridized carbons (Fsp3) is 0.286. The van der Waals surface area contributed by atoms with Crippen LogP contribution in [0.15, 0.2) is 36.8 Å². The van der Waals surface area contributed by atoms with Gasteiger partial charge in [-0.05, 0) is 24.7 Å². The first-order valence-electron chi connectivity index (χ1n) is 5.96. The molecule has 1 aromatic heterocycles. The molecule has 0 atom stereocenters. The van der Waals surface area contributed by atoms with Gasteiger partial charge in [-0.3, -0.25) is 0 Å². The van der Waals surface area contributed by atoms with Crippen molar-refractivity contribution in [3.63, 3.8) is 0 Å². The van der Waals surface area contributed by atoms with Gasteiger partial charge < -0.3 is 9.88 Å². The van der Waals surface area contributed by atoms with Crippen molar-refractivity contribution in [2.45, 2.75) is 13.0 Å². The lowest BCUT2D eigenvalue weighted by Gasteiger charge is -2.08. The highest BCUT2D eigenvalue weighted by Crippen LogP contribution is 2.08. The maximum Gasteiger partial charge on any atom is 0.0991 e. The van der Waals surface area contributed by atoms with Gasteiger partial charge in [0.05, 0.1) is 18.0 Å². The van der Waals surface area contributed by atoms with Crippen LogP contribution in [0.4, 0.5) is 0 Å². The van der Waals surface area contributed by atoms with Gasteiger partial charge in [0.2, 0.25) is 0 Å². The topological polar surface area (TPSA) is 53.6 Å². The maximum absolute atomic E-state index is 8.75. The van der Waals surface area contributed by atoms with Gasteiger partial charge in [0.1, 0.15) is 0 Å². The van der Waals surface area contributed by atoms with Crippen LogP contribution in [0.5, 0.6) is 0 Å². The number of imidazole rings is 1. The lowest BCUT2D eigenvalue weighted by Crippen LogP contribution is -2.13. The molecule has 2 aromatic rings. The summed E-state index contributed by atoms with van der Waals surface area (Å²) >= 11 is 0. The van der Waals surface area contributed by atoms with Gasteiger partial charge in [0.15, 0.2) is 0 Å². The minimum Gasteiger partial charge on any atom is -0.330 e. The van der Waals surface area contributed by atoms with Crippen molar-refractivity contribution in [3.8, 4) is 6.07 Å². The van der Waals surface area contributed by atoms with Crippen LogP contribution in [0.25, 0.3) is 0 Å². The Morgan fingerprint density at radius 1 is 1.33 bits per heavy atom. The third-order valence-electron chi connectivity index (χ3n) is 2.87. The predicted octanol–water partition coefficient (Wildman–Crippen LogP) is 1.56. The Kier molecular flexibility index (Phi) is 4.11. The summed E-state index contributed by atoms with van der Waals surface area (Å²) in [4.78, 5) is 4.19. The molecule has 18 heavy (non-hydrogen) atoms. The van der Waals surface area contributed by atoms with E-state index in [0.29, 0.717) is 5.56 Å². The highest BCUT2D eigenvalue weighted by Gasteiger charge is 2.02. The minimum atomic E-state index is 0.694. The van der Waals surface area contributed by atoms with Crippen molar-refractivity contribution in [1.82, 2.24) is 14.9 Å². The smallest absolute Gasteiger partial charge is 0.0991 e. The highest BCUT2D eigenvalue weighted by atomic mass is 15.0. The van der Waals surface area contributed by atoms with Gasteiger partial charge in [-0.2, -0.15) is 5.26 Å². The molecule has 1 N–H and O–H groups in total. The standard InChI is InChI=1S/C14H16N4/c1-16-7-6-14-9-17-11-18(14)10-13-4-2-12(8-15)3-5-13/h2-5,9,11,16H,6-7,10H2,1H3. The van der Waals surface area contributed by atoms with E-state index >= 15 is 0 Å². The van der Waals surface area contributed by atoms with Gasteiger partial charge in [0, 0.05) is 31.4 Å². The Balaban J connectivity index is 2.08. The first-order chi connectivity index (χ1) is 8.83. The molecule has 1 aromatic carbocycles. The molecule has 0 saturated carbocycles. The molecular formula is C14H16N4. The number of rotatable bonds is 5. The SMILES string of the molecule is CNCCc1cncn1Cc1ccc(C#N)cc1. The Labute approximate surface area is 107 Å². The van der Waals surface area contributed by atoms with E-state index in [1.165, 1.54) is 11.3 Å². The summed E-state index contributed by atoms with van der Waals surface area (Å²) in [6.07, 6.45) is 4.72. The third kappa shape index (κ3) is 2.96. The predicted molar refractivity (Wildman–Crippen MR) is 70.1 cm³/mol. The van der Waals surface area contributed by atoms with E-state index < -0.39 is 0 Å². The molecular weight excluding hydrogens is 224 g/mol. The summed E-state index contributed by atoms with van der Waals surface area (Å²) in [5.74, 6) is 0. The number of aromatic nitrogens is 2. The maximum atomic E-state index is 8.75. The quantitative estimate of drug-likeness (QED) is 0.863. The van der Waals surface area contributed by atoms with Crippen LogP contribution in [0.1, 0.15) is 16.8 Å². The second kappa shape index (κ2) is 5.99. The zero-order valence-electron chi connectivity index (χ0n) is 10.4. The summed E-state index contributed by atoms with van der Waals surface area (Å²) in [7, 11) is 1.95. The Morgan fingerprint density at radius 3 is 2.78 bits per heavy atom. The van der Waals surface area contributed by atoms with E-state index in [0.717, 1.165) is 19.5 Å². The fourth-order valence-electron chi connectivity index (χ4n) is 1.83. The van der Waals surface area contributed by atoms with Crippen molar-refractivity contribution < 1.29 is 0 Å². The normalized spacial score (nSPS) is 10.2. The van der Waals surface area contributed by atoms with Crippen molar-refractivity contribution in [3.05, 3.63) is 53.6 Å². The first-order valence-corrected chi connectivity index (χ1v) is 5.96. The van der Waals surface area contributed by atoms with Gasteiger partial charge in [-0.1, -0.05) is 12.1 Å². The number of hydrogen-bond acceptors (Lipinski definition) is 3. The van der Waals surface area contributed by atoms with E-state index in [9.17, 15) is 0 Å². The molecule has 0 saturated heterocycles. The number of benzene rings is 1. The Morgan fingerprint density at radius 2 is 2.11 bits per heavy atom. The number of nitriles is 1. The molecule has 0 unspecified atom stereocenters. The fourth-order valence-corrected chi connectivity index (χ4v) is 1.83. The third-order valence-corrected chi connectivity index (χ3v) is 2.87. The van der Waals surface area contributed by atoms with Crippen LogP contribution >= 0.6 is 0 Å². The lowest BCUT2D eigenvalue weighted by atomic mass is 10.1. The molecule has 0 aliphatic carbocycles. The monoisotopic (exact) mass is 240 g/mol. The molecule has 4 nitrogen and oxygen atoms in total. The molecule has 0 aliphatic rings. The molecule has 92 valence electrons. The van der Waals surface area contributed by atoms with Gasteiger partial charge in [0.25, 0.3) is 0 Å². The highest BCUT2D eigenvalue weighted by molar-refractivity contribution is 5.31. The molecule has 1 heterocycles. The minimum absolute atomic E-state index is 0.694. The van der Waals surface area contributed by atoms with Crippen LogP contribution in [0.3, 0.4) is 0 Å². The van der Waals surface area contributed by atoms with E-state index in [1.54, 1.807) is 0 Å². The summed E-state index contributed by atoms with van der Waals surface area (Å²) in [6.45, 7) is 1.74. The number of nitrogens with one attached hydrogen (secondary N) is 1. The lowest BCUT2D eigenvalue weighted by molar-refractivity contribution is 0.701. The van der Waals surface area contributed by atoms with Crippen molar-refractivity contribution in [1.29, 1.82) is 5.26 Å². The molecule has 0 spiro atoms. The molecule has 0 aliphatic heterocycles. The number of hydrogen-bond donors (Lipinski definition) is 1. The molecule has 0 radical (unpaired) electrons. The molecule has 2 rings (SSSR count). The molecule has 0 amide bonds. The number of likely N-dealkylation sites (N-methyl/N-ethyl adjacent to an activating group) is 1. The average Bonchev–Trinajstić information content (AvgIpc) is 2.84. The zero-order valence-corrected chi connectivity index (χ0v) is 10.4. The zero-order chi connectivity index (χ0) is 12.8. The first kappa shape index (κ1) is 12.3. The molecule has 0 fully saturated rings. The van der Waals surface area contributed by atoms with Crippen LogP contribution in [-0.2, 0) is 13.0 Å². The summed E-state index contributed by atoms with van der Waals surface area (Å²) in [6, 6.07) is 9.79. The van der Waals surface area contributed by atoms with Crippen LogP contribution in [-0.4, -0.2) is 23.1 Å². The summed E-state index contributed by atoms with van der Waals surface area (Å²) < 4.78 is 2.14. The van der Waals surface area contributed by atoms with Crippen molar-refractivity contribution in [2.24, 2.45) is 0 Å². The van der Waals surface area contributed by atoms with E-state index in [4.69, 9.17) is 5.26 Å². The number of nitrogens with zero attached hydrogens (tertiary/aromatic N) is 3. The molecule has 0 bridgehead atoms. The second-order valence-corrected chi connectivity index (χ2v) is 4.18. The Hall–Kier alpha value is -2.12.